The Hall–Kier alpha value is -1.85. The molecule has 2 amide bonds. The number of aliphatic carboxylic acids is 1. The quantitative estimate of drug-likeness (QED) is 0.701. The van der Waals surface area contributed by atoms with E-state index in [2.05, 4.69) is 0 Å². The van der Waals surface area contributed by atoms with Crippen molar-refractivity contribution in [3.05, 3.63) is 12.2 Å². The zero-order chi connectivity index (χ0) is 14.0. The van der Waals surface area contributed by atoms with E-state index in [0.717, 1.165) is 0 Å². The standard InChI is InChI=1S/C13H18N2O4/c14-11(16)8-5-6-15(7-8)12(17)9-3-1-2-4-10(9)13(18)19/h1-2,8-10H,3-7H2,(H2,14,16)(H,18,19)/t8?,9-,10+/m1/s1. The number of primary amides is 1. The Morgan fingerprint density at radius 3 is 2.32 bits per heavy atom. The van der Waals surface area contributed by atoms with Crippen molar-refractivity contribution >= 4 is 17.8 Å². The van der Waals surface area contributed by atoms with Crippen molar-refractivity contribution in [3.8, 4) is 0 Å². The molecule has 0 aromatic rings. The fourth-order valence-electron chi connectivity index (χ4n) is 2.79. The number of carboxylic acids is 1. The summed E-state index contributed by atoms with van der Waals surface area (Å²) in [4.78, 5) is 36.2. The highest BCUT2D eigenvalue weighted by Crippen LogP contribution is 2.29. The van der Waals surface area contributed by atoms with Gasteiger partial charge in [-0.15, -0.1) is 0 Å². The summed E-state index contributed by atoms with van der Waals surface area (Å²) in [6.07, 6.45) is 5.07. The molecule has 2 aliphatic rings. The van der Waals surface area contributed by atoms with Crippen LogP contribution in [-0.2, 0) is 14.4 Å². The van der Waals surface area contributed by atoms with Crippen LogP contribution < -0.4 is 5.73 Å². The molecule has 0 radical (unpaired) electrons. The van der Waals surface area contributed by atoms with Crippen LogP contribution in [-0.4, -0.2) is 40.9 Å². The molecule has 104 valence electrons. The topological polar surface area (TPSA) is 101 Å². The number of amides is 2. The molecule has 0 saturated carbocycles. The van der Waals surface area contributed by atoms with Crippen molar-refractivity contribution in [2.75, 3.05) is 13.1 Å². The molecule has 3 N–H and O–H groups in total. The maximum atomic E-state index is 12.4. The zero-order valence-corrected chi connectivity index (χ0v) is 10.6. The van der Waals surface area contributed by atoms with E-state index in [9.17, 15) is 14.4 Å². The molecule has 3 atom stereocenters. The summed E-state index contributed by atoms with van der Waals surface area (Å²) in [5, 5.41) is 9.16. The first-order valence-corrected chi connectivity index (χ1v) is 6.46. The van der Waals surface area contributed by atoms with Crippen molar-refractivity contribution in [2.45, 2.75) is 19.3 Å². The third-order valence-electron chi connectivity index (χ3n) is 3.97. The molecule has 0 aromatic heterocycles. The van der Waals surface area contributed by atoms with E-state index in [-0.39, 0.29) is 11.8 Å². The van der Waals surface area contributed by atoms with Crippen molar-refractivity contribution in [3.63, 3.8) is 0 Å². The summed E-state index contributed by atoms with van der Waals surface area (Å²) in [5.74, 6) is -2.98. The van der Waals surface area contributed by atoms with Crippen LogP contribution in [0.3, 0.4) is 0 Å². The lowest BCUT2D eigenvalue weighted by atomic mass is 9.82. The van der Waals surface area contributed by atoms with E-state index in [0.29, 0.717) is 32.4 Å². The van der Waals surface area contributed by atoms with Crippen LogP contribution in [0.1, 0.15) is 19.3 Å². The molecule has 19 heavy (non-hydrogen) atoms. The number of hydrogen-bond acceptors (Lipinski definition) is 3. The number of likely N-dealkylation sites (tertiary alicyclic amines) is 1. The molecule has 0 aromatic carbocycles. The van der Waals surface area contributed by atoms with Gasteiger partial charge >= 0.3 is 5.97 Å². The maximum Gasteiger partial charge on any atom is 0.307 e. The van der Waals surface area contributed by atoms with Crippen LogP contribution in [0.15, 0.2) is 12.2 Å². The molecule has 1 aliphatic heterocycles. The number of allylic oxidation sites excluding steroid dienone is 2. The van der Waals surface area contributed by atoms with Gasteiger partial charge in [-0.25, -0.2) is 0 Å². The number of rotatable bonds is 3. The predicted molar refractivity (Wildman–Crippen MR) is 66.9 cm³/mol. The Morgan fingerprint density at radius 2 is 1.79 bits per heavy atom. The lowest BCUT2D eigenvalue weighted by Gasteiger charge is -2.28. The number of carboxylic acid groups (broad SMARTS) is 1. The van der Waals surface area contributed by atoms with Gasteiger partial charge in [0.15, 0.2) is 0 Å². The molecule has 0 bridgehead atoms. The smallest absolute Gasteiger partial charge is 0.307 e. The molecule has 6 heteroatoms. The minimum atomic E-state index is -0.937. The van der Waals surface area contributed by atoms with E-state index in [1.807, 2.05) is 6.08 Å². The molecule has 1 heterocycles. The fourth-order valence-corrected chi connectivity index (χ4v) is 2.79. The normalized spacial score (nSPS) is 30.3. The third kappa shape index (κ3) is 2.77. The second kappa shape index (κ2) is 5.42. The van der Waals surface area contributed by atoms with Crippen molar-refractivity contribution < 1.29 is 19.5 Å². The molecule has 6 nitrogen and oxygen atoms in total. The van der Waals surface area contributed by atoms with Gasteiger partial charge in [0, 0.05) is 13.1 Å². The van der Waals surface area contributed by atoms with Crippen molar-refractivity contribution in [1.82, 2.24) is 4.90 Å². The van der Waals surface area contributed by atoms with Gasteiger partial charge in [-0.05, 0) is 19.3 Å². The lowest BCUT2D eigenvalue weighted by Crippen LogP contribution is -2.41. The van der Waals surface area contributed by atoms with E-state index in [1.165, 1.54) is 0 Å². The first-order valence-electron chi connectivity index (χ1n) is 6.46. The first-order chi connectivity index (χ1) is 9.00. The molecule has 1 aliphatic carbocycles. The number of carbonyl (C=O) groups is 3. The highest BCUT2D eigenvalue weighted by atomic mass is 16.4. The third-order valence-corrected chi connectivity index (χ3v) is 3.97. The minimum Gasteiger partial charge on any atom is -0.481 e. The molecule has 1 saturated heterocycles. The molecule has 0 spiro atoms. The minimum absolute atomic E-state index is 0.166. The van der Waals surface area contributed by atoms with Crippen LogP contribution in [0.4, 0.5) is 0 Å². The number of carbonyl (C=O) groups excluding carboxylic acids is 2. The van der Waals surface area contributed by atoms with Crippen molar-refractivity contribution in [2.24, 2.45) is 23.5 Å². The average molecular weight is 266 g/mol. The summed E-state index contributed by atoms with van der Waals surface area (Å²) in [5.41, 5.74) is 5.23. The van der Waals surface area contributed by atoms with Gasteiger partial charge in [0.05, 0.1) is 17.8 Å². The lowest BCUT2D eigenvalue weighted by molar-refractivity contribution is -0.150. The summed E-state index contributed by atoms with van der Waals surface area (Å²) >= 11 is 0. The van der Waals surface area contributed by atoms with Crippen LogP contribution in [0.25, 0.3) is 0 Å². The predicted octanol–water partition coefficient (Wildman–Crippen LogP) is -0.0128. The fraction of sp³-hybridized carbons (Fsp3) is 0.615. The second-order valence-electron chi connectivity index (χ2n) is 5.17. The van der Waals surface area contributed by atoms with Crippen LogP contribution >= 0.6 is 0 Å². The summed E-state index contributed by atoms with van der Waals surface area (Å²) < 4.78 is 0. The molecular weight excluding hydrogens is 248 g/mol. The summed E-state index contributed by atoms with van der Waals surface area (Å²) in [6.45, 7) is 0.805. The van der Waals surface area contributed by atoms with Crippen LogP contribution in [0.5, 0.6) is 0 Å². The number of hydrogen-bond donors (Lipinski definition) is 2. The van der Waals surface area contributed by atoms with Gasteiger partial charge in [0.2, 0.25) is 11.8 Å². The Balaban J connectivity index is 2.05. The van der Waals surface area contributed by atoms with E-state index < -0.39 is 23.7 Å². The van der Waals surface area contributed by atoms with Gasteiger partial charge < -0.3 is 15.7 Å². The van der Waals surface area contributed by atoms with Gasteiger partial charge in [-0.2, -0.15) is 0 Å². The van der Waals surface area contributed by atoms with E-state index in [1.54, 1.807) is 11.0 Å². The van der Waals surface area contributed by atoms with Crippen molar-refractivity contribution in [1.29, 1.82) is 0 Å². The zero-order valence-electron chi connectivity index (χ0n) is 10.6. The van der Waals surface area contributed by atoms with E-state index in [4.69, 9.17) is 10.8 Å². The average Bonchev–Trinajstić information content (AvgIpc) is 2.87. The highest BCUT2D eigenvalue weighted by Gasteiger charge is 2.39. The first kappa shape index (κ1) is 13.6. The highest BCUT2D eigenvalue weighted by molar-refractivity contribution is 5.86. The number of nitrogens with zero attached hydrogens (tertiary/aromatic N) is 1. The monoisotopic (exact) mass is 266 g/mol. The maximum absolute atomic E-state index is 12.4. The SMILES string of the molecule is NC(=O)C1CCN(C(=O)[C@@H]2CC=CC[C@@H]2C(=O)O)C1. The molecule has 1 unspecified atom stereocenters. The Bertz CT molecular complexity index is 432. The summed E-state index contributed by atoms with van der Waals surface area (Å²) in [7, 11) is 0. The molecule has 2 rings (SSSR count). The van der Waals surface area contributed by atoms with Gasteiger partial charge in [-0.3, -0.25) is 14.4 Å². The summed E-state index contributed by atoms with van der Waals surface area (Å²) in [6, 6.07) is 0. The largest absolute Gasteiger partial charge is 0.481 e. The number of nitrogens with two attached hydrogens (primary N) is 1. The van der Waals surface area contributed by atoms with Gasteiger partial charge in [0.25, 0.3) is 0 Å². The molecule has 1 fully saturated rings. The van der Waals surface area contributed by atoms with Crippen LogP contribution in [0.2, 0.25) is 0 Å². The van der Waals surface area contributed by atoms with Crippen LogP contribution in [0, 0.1) is 17.8 Å². The van der Waals surface area contributed by atoms with Gasteiger partial charge in [-0.1, -0.05) is 12.2 Å². The van der Waals surface area contributed by atoms with Gasteiger partial charge in [0.1, 0.15) is 0 Å². The van der Waals surface area contributed by atoms with E-state index >= 15 is 0 Å². The second-order valence-corrected chi connectivity index (χ2v) is 5.17. The Kier molecular flexibility index (Phi) is 3.87. The Labute approximate surface area is 111 Å². The molecular formula is C13H18N2O4. The Morgan fingerprint density at radius 1 is 1.16 bits per heavy atom.